The largest absolute Gasteiger partial charge is 0.708 e. The van der Waals surface area contributed by atoms with Gasteiger partial charge in [0.1, 0.15) is 0 Å². The van der Waals surface area contributed by atoms with Gasteiger partial charge in [-0.2, -0.15) is 0 Å². The van der Waals surface area contributed by atoms with E-state index in [0.717, 1.165) is 18.0 Å². The molecule has 0 aliphatic heterocycles. The molecule has 0 aromatic carbocycles. The third-order valence-electron chi connectivity index (χ3n) is 2.35. The van der Waals surface area contributed by atoms with E-state index in [-0.39, 0.29) is 0 Å². The second-order valence-corrected chi connectivity index (χ2v) is 4.94. The number of nitrogens with one attached hydrogen (secondary N) is 1. The molecule has 0 bridgehead atoms. The van der Waals surface area contributed by atoms with Crippen molar-refractivity contribution in [3.8, 4) is 5.06 Å². The molecule has 0 spiro atoms. The van der Waals surface area contributed by atoms with Gasteiger partial charge in [-0.25, -0.2) is 0 Å². The van der Waals surface area contributed by atoms with Crippen molar-refractivity contribution < 1.29 is 14.7 Å². The van der Waals surface area contributed by atoms with Crippen LogP contribution < -0.4 is 9.97 Å². The fourth-order valence-electron chi connectivity index (χ4n) is 1.21. The first kappa shape index (κ1) is 13.5. The van der Waals surface area contributed by atoms with Gasteiger partial charge in [0.25, 0.3) is 0 Å². The van der Waals surface area contributed by atoms with Crippen LogP contribution in [0.3, 0.4) is 0 Å². The van der Waals surface area contributed by atoms with Gasteiger partial charge < -0.3 is 20.0 Å². The summed E-state index contributed by atoms with van der Waals surface area (Å²) in [6, 6.07) is 3.66. The predicted octanol–water partition coefficient (Wildman–Crippen LogP) is 1.23. The molecule has 6 heteroatoms. The Morgan fingerprint density at radius 3 is 2.88 bits per heavy atom. The van der Waals surface area contributed by atoms with Gasteiger partial charge in [-0.05, 0) is 24.6 Å². The molecule has 0 unspecified atom stereocenters. The number of hydrogen-bond donors (Lipinski definition) is 3. The molecule has 1 rings (SSSR count). The van der Waals surface area contributed by atoms with Crippen molar-refractivity contribution in [1.29, 1.82) is 0 Å². The van der Waals surface area contributed by atoms with Crippen molar-refractivity contribution in [1.82, 2.24) is 5.32 Å². The van der Waals surface area contributed by atoms with Crippen molar-refractivity contribution in [2.75, 3.05) is 6.54 Å². The lowest BCUT2D eigenvalue weighted by atomic mass is 10.1. The maximum absolute atomic E-state index is 8.62. The predicted molar refractivity (Wildman–Crippen MR) is 66.3 cm³/mol. The van der Waals surface area contributed by atoms with Crippen LogP contribution in [0.15, 0.2) is 12.1 Å². The Bertz CT molecular complexity index is 306. The minimum absolute atomic E-state index is 0.523. The van der Waals surface area contributed by atoms with Crippen molar-refractivity contribution in [3.05, 3.63) is 17.0 Å². The summed E-state index contributed by atoms with van der Waals surface area (Å²) in [6.07, 6.45) is 1.17. The average Bonchev–Trinajstić information content (AvgIpc) is 2.64. The number of rotatable bonds is 7. The highest BCUT2D eigenvalue weighted by Crippen LogP contribution is 2.24. The van der Waals surface area contributed by atoms with E-state index < -0.39 is 7.32 Å². The average molecular weight is 243 g/mol. The molecule has 0 radical (unpaired) electrons. The van der Waals surface area contributed by atoms with Gasteiger partial charge in [-0.15, -0.1) is 11.3 Å². The van der Waals surface area contributed by atoms with E-state index in [2.05, 4.69) is 19.2 Å². The molecule has 1 heterocycles. The monoisotopic (exact) mass is 243 g/mol. The van der Waals surface area contributed by atoms with Gasteiger partial charge in [0.2, 0.25) is 0 Å². The van der Waals surface area contributed by atoms with E-state index in [1.54, 1.807) is 6.07 Å². The summed E-state index contributed by atoms with van der Waals surface area (Å²) in [4.78, 5) is 1.12. The van der Waals surface area contributed by atoms with Crippen LogP contribution in [0, 0.1) is 5.92 Å². The van der Waals surface area contributed by atoms with E-state index in [9.17, 15) is 0 Å². The molecule has 1 aromatic rings. The van der Waals surface area contributed by atoms with Crippen molar-refractivity contribution >= 4 is 18.7 Å². The van der Waals surface area contributed by atoms with Gasteiger partial charge in [0, 0.05) is 11.4 Å². The first-order valence-electron chi connectivity index (χ1n) is 5.44. The Morgan fingerprint density at radius 1 is 1.50 bits per heavy atom. The molecule has 1 atom stereocenters. The summed E-state index contributed by atoms with van der Waals surface area (Å²) in [5.41, 5.74) is 0. The molecule has 0 saturated carbocycles. The summed E-state index contributed by atoms with van der Waals surface area (Å²) >= 11 is 1.42. The highest BCUT2D eigenvalue weighted by atomic mass is 32.1. The zero-order chi connectivity index (χ0) is 12.0. The SMILES string of the molecule is CC[C@H](C)CNCc1ccc(OB(O)O)s1. The van der Waals surface area contributed by atoms with E-state index in [4.69, 9.17) is 14.7 Å². The Hall–Kier alpha value is -0.555. The third-order valence-corrected chi connectivity index (χ3v) is 3.32. The van der Waals surface area contributed by atoms with E-state index in [1.807, 2.05) is 6.07 Å². The van der Waals surface area contributed by atoms with Crippen LogP contribution in [0.1, 0.15) is 25.1 Å². The van der Waals surface area contributed by atoms with Gasteiger partial charge in [-0.1, -0.05) is 20.3 Å². The topological polar surface area (TPSA) is 61.7 Å². The summed E-state index contributed by atoms with van der Waals surface area (Å²) in [5, 5.41) is 21.1. The standard InChI is InChI=1S/C10H18BNO3S/c1-3-8(2)6-12-7-9-4-5-10(16-9)15-11(13)14/h4-5,8,12-14H,3,6-7H2,1-2H3/t8-/m0/s1. The Morgan fingerprint density at radius 2 is 2.25 bits per heavy atom. The lowest BCUT2D eigenvalue weighted by molar-refractivity contribution is 0.292. The zero-order valence-electron chi connectivity index (χ0n) is 9.64. The van der Waals surface area contributed by atoms with E-state index in [0.29, 0.717) is 11.0 Å². The van der Waals surface area contributed by atoms with Gasteiger partial charge >= 0.3 is 7.32 Å². The summed E-state index contributed by atoms with van der Waals surface area (Å²) in [5.74, 6) is 0.676. The smallest absolute Gasteiger partial charge is 0.504 e. The number of thiophene rings is 1. The molecule has 90 valence electrons. The Kier molecular flexibility index (Phi) is 5.83. The van der Waals surface area contributed by atoms with Crippen LogP contribution in [0.4, 0.5) is 0 Å². The van der Waals surface area contributed by atoms with Crippen LogP contribution in [-0.4, -0.2) is 23.9 Å². The Labute approximate surface area is 100 Å². The Balaban J connectivity index is 2.29. The maximum atomic E-state index is 8.62. The van der Waals surface area contributed by atoms with Crippen LogP contribution in [0.2, 0.25) is 0 Å². The number of hydrogen-bond acceptors (Lipinski definition) is 5. The van der Waals surface area contributed by atoms with Crippen LogP contribution in [-0.2, 0) is 6.54 Å². The molecule has 0 aliphatic rings. The van der Waals surface area contributed by atoms with Crippen molar-refractivity contribution in [3.63, 3.8) is 0 Å². The molecular weight excluding hydrogens is 225 g/mol. The molecule has 0 aliphatic carbocycles. The first-order chi connectivity index (χ1) is 7.61. The van der Waals surface area contributed by atoms with Crippen LogP contribution in [0.25, 0.3) is 0 Å². The fourth-order valence-corrected chi connectivity index (χ4v) is 2.05. The highest BCUT2D eigenvalue weighted by Gasteiger charge is 2.12. The third kappa shape index (κ3) is 4.98. The van der Waals surface area contributed by atoms with Crippen molar-refractivity contribution in [2.24, 2.45) is 5.92 Å². The van der Waals surface area contributed by atoms with Crippen LogP contribution in [0.5, 0.6) is 5.06 Å². The van der Waals surface area contributed by atoms with E-state index in [1.165, 1.54) is 17.8 Å². The second kappa shape index (κ2) is 6.91. The zero-order valence-corrected chi connectivity index (χ0v) is 10.5. The molecule has 3 N–H and O–H groups in total. The summed E-state index contributed by atoms with van der Waals surface area (Å²) in [6.45, 7) is 6.16. The first-order valence-corrected chi connectivity index (χ1v) is 6.25. The molecule has 1 aromatic heterocycles. The van der Waals surface area contributed by atoms with Crippen molar-refractivity contribution in [2.45, 2.75) is 26.8 Å². The molecule has 0 amide bonds. The normalized spacial score (nSPS) is 12.5. The fraction of sp³-hybridized carbons (Fsp3) is 0.600. The quantitative estimate of drug-likeness (QED) is 0.630. The molecular formula is C10H18BNO3S. The van der Waals surface area contributed by atoms with Gasteiger partial charge in [-0.3, -0.25) is 0 Å². The second-order valence-electron chi connectivity index (χ2n) is 3.81. The summed E-state index contributed by atoms with van der Waals surface area (Å²) < 4.78 is 4.75. The highest BCUT2D eigenvalue weighted by molar-refractivity contribution is 7.14. The lowest BCUT2D eigenvalue weighted by Crippen LogP contribution is -2.20. The van der Waals surface area contributed by atoms with Gasteiger partial charge in [0.05, 0.1) is 0 Å². The maximum Gasteiger partial charge on any atom is 0.708 e. The lowest BCUT2D eigenvalue weighted by Gasteiger charge is -2.08. The summed E-state index contributed by atoms with van der Waals surface area (Å²) in [7, 11) is -1.74. The minimum atomic E-state index is -1.74. The van der Waals surface area contributed by atoms with E-state index >= 15 is 0 Å². The molecule has 4 nitrogen and oxygen atoms in total. The molecule has 16 heavy (non-hydrogen) atoms. The molecule has 0 saturated heterocycles. The van der Waals surface area contributed by atoms with Crippen LogP contribution >= 0.6 is 11.3 Å². The minimum Gasteiger partial charge on any atom is -0.504 e. The molecule has 0 fully saturated rings. The van der Waals surface area contributed by atoms with Gasteiger partial charge in [0.15, 0.2) is 5.06 Å².